The monoisotopic (exact) mass is 471 g/mol. The van der Waals surface area contributed by atoms with E-state index in [9.17, 15) is 24.0 Å². The Hall–Kier alpha value is -3.23. The summed E-state index contributed by atoms with van der Waals surface area (Å²) in [4.78, 5) is 63.9. The molecule has 0 saturated carbocycles. The fourth-order valence-electron chi connectivity index (χ4n) is 4.46. The lowest BCUT2D eigenvalue weighted by molar-refractivity contribution is -0.151. The van der Waals surface area contributed by atoms with E-state index in [2.05, 4.69) is 5.32 Å². The summed E-state index contributed by atoms with van der Waals surface area (Å²) in [5.74, 6) is -1.04. The molecule has 0 aliphatic carbocycles. The van der Waals surface area contributed by atoms with Crippen LogP contribution < -0.4 is 5.32 Å². The summed E-state index contributed by atoms with van der Waals surface area (Å²) in [6.45, 7) is 3.27. The zero-order valence-electron chi connectivity index (χ0n) is 19.9. The number of nitrogens with one attached hydrogen (secondary N) is 1. The van der Waals surface area contributed by atoms with Gasteiger partial charge in [-0.25, -0.2) is 0 Å². The van der Waals surface area contributed by atoms with Crippen LogP contribution in [0.5, 0.6) is 0 Å². The van der Waals surface area contributed by atoms with Gasteiger partial charge in [-0.3, -0.25) is 28.9 Å². The first-order valence-corrected chi connectivity index (χ1v) is 12.0. The molecule has 2 aliphatic rings. The second-order valence-electron chi connectivity index (χ2n) is 8.79. The molecule has 1 fully saturated rings. The lowest BCUT2D eigenvalue weighted by Gasteiger charge is -2.17. The van der Waals surface area contributed by atoms with Crippen molar-refractivity contribution in [1.82, 2.24) is 15.1 Å². The van der Waals surface area contributed by atoms with E-state index >= 15 is 0 Å². The average molecular weight is 472 g/mol. The summed E-state index contributed by atoms with van der Waals surface area (Å²) in [5.41, 5.74) is 0.900. The number of unbranched alkanes of at least 4 members (excludes halogenated alkanes) is 2. The van der Waals surface area contributed by atoms with Gasteiger partial charge >= 0.3 is 5.97 Å². The third-order valence-corrected chi connectivity index (χ3v) is 6.53. The van der Waals surface area contributed by atoms with Crippen LogP contribution in [0.3, 0.4) is 0 Å². The van der Waals surface area contributed by atoms with Crippen LogP contribution in [0, 0.1) is 5.92 Å². The van der Waals surface area contributed by atoms with Crippen LogP contribution in [0.25, 0.3) is 0 Å². The Morgan fingerprint density at radius 1 is 0.971 bits per heavy atom. The number of carbonyl (C=O) groups excluding carboxylic acids is 5. The Morgan fingerprint density at radius 3 is 2.26 bits per heavy atom. The standard InChI is InChI=1S/C25H33N3O6/c1-3-17-15-27(16-20(17)34-23(31)13-12-21(29)26-2)22(30)11-5-4-8-14-28-24(32)18-9-6-7-10-19(18)25(28)33/h6-7,9-10,17,20H,3-5,8,11-16H2,1-2H3,(H,26,29). The van der Waals surface area contributed by atoms with Crippen LogP contribution in [0.2, 0.25) is 0 Å². The van der Waals surface area contributed by atoms with E-state index in [0.29, 0.717) is 50.0 Å². The normalized spacial score (nSPS) is 19.4. The fraction of sp³-hybridized carbons (Fsp3) is 0.560. The van der Waals surface area contributed by atoms with Crippen molar-refractivity contribution >= 4 is 29.6 Å². The molecule has 2 heterocycles. The van der Waals surface area contributed by atoms with E-state index in [1.54, 1.807) is 29.2 Å². The molecule has 0 radical (unpaired) electrons. The van der Waals surface area contributed by atoms with Crippen LogP contribution >= 0.6 is 0 Å². The number of esters is 1. The van der Waals surface area contributed by atoms with Gasteiger partial charge in [0.15, 0.2) is 0 Å². The molecule has 9 nitrogen and oxygen atoms in total. The van der Waals surface area contributed by atoms with E-state index in [0.717, 1.165) is 12.8 Å². The van der Waals surface area contributed by atoms with Gasteiger partial charge in [0.05, 0.1) is 24.1 Å². The fourth-order valence-corrected chi connectivity index (χ4v) is 4.46. The van der Waals surface area contributed by atoms with Gasteiger partial charge in [-0.15, -0.1) is 0 Å². The SMILES string of the molecule is CCC1CN(C(=O)CCCCCN2C(=O)c3ccccc3C2=O)CC1OC(=O)CCC(=O)NC. The van der Waals surface area contributed by atoms with Crippen molar-refractivity contribution in [1.29, 1.82) is 0 Å². The molecule has 2 atom stereocenters. The highest BCUT2D eigenvalue weighted by atomic mass is 16.5. The van der Waals surface area contributed by atoms with Gasteiger partial charge in [0.2, 0.25) is 11.8 Å². The van der Waals surface area contributed by atoms with Crippen LogP contribution in [0.1, 0.15) is 72.6 Å². The van der Waals surface area contributed by atoms with Gasteiger partial charge in [-0.2, -0.15) is 0 Å². The maximum absolute atomic E-state index is 12.7. The molecule has 1 N–H and O–H groups in total. The van der Waals surface area contributed by atoms with Gasteiger partial charge in [-0.05, 0) is 31.4 Å². The van der Waals surface area contributed by atoms with Gasteiger partial charge in [0, 0.05) is 38.9 Å². The number of carbonyl (C=O) groups is 5. The number of hydrogen-bond acceptors (Lipinski definition) is 6. The van der Waals surface area contributed by atoms with Crippen molar-refractivity contribution in [3.05, 3.63) is 35.4 Å². The summed E-state index contributed by atoms with van der Waals surface area (Å²) in [7, 11) is 1.52. The van der Waals surface area contributed by atoms with E-state index in [4.69, 9.17) is 4.74 Å². The Kier molecular flexibility index (Phi) is 8.79. The molecule has 3 rings (SSSR count). The topological polar surface area (TPSA) is 113 Å². The number of nitrogens with zero attached hydrogens (tertiary/aromatic N) is 2. The predicted molar refractivity (Wildman–Crippen MR) is 124 cm³/mol. The molecular weight excluding hydrogens is 438 g/mol. The van der Waals surface area contributed by atoms with Gasteiger partial charge in [0.25, 0.3) is 11.8 Å². The van der Waals surface area contributed by atoms with Crippen LogP contribution in [-0.2, 0) is 19.1 Å². The number of rotatable bonds is 11. The number of benzene rings is 1. The van der Waals surface area contributed by atoms with Gasteiger partial charge in [0.1, 0.15) is 6.10 Å². The highest BCUT2D eigenvalue weighted by Crippen LogP contribution is 2.25. The summed E-state index contributed by atoms with van der Waals surface area (Å²) in [6, 6.07) is 6.83. The Bertz CT molecular complexity index is 911. The Morgan fingerprint density at radius 2 is 1.65 bits per heavy atom. The number of hydrogen-bond donors (Lipinski definition) is 1. The molecule has 2 aliphatic heterocycles. The zero-order chi connectivity index (χ0) is 24.7. The molecule has 1 aromatic carbocycles. The second kappa shape index (κ2) is 11.8. The first kappa shape index (κ1) is 25.4. The van der Waals surface area contributed by atoms with Crippen LogP contribution in [-0.4, -0.2) is 72.2 Å². The first-order chi connectivity index (χ1) is 16.3. The number of ether oxygens (including phenoxy) is 1. The van der Waals surface area contributed by atoms with Crippen molar-refractivity contribution in [3.8, 4) is 0 Å². The van der Waals surface area contributed by atoms with E-state index < -0.39 is 5.97 Å². The largest absolute Gasteiger partial charge is 0.460 e. The zero-order valence-corrected chi connectivity index (χ0v) is 19.9. The van der Waals surface area contributed by atoms with Crippen molar-refractivity contribution in [2.24, 2.45) is 5.92 Å². The summed E-state index contributed by atoms with van der Waals surface area (Å²) >= 11 is 0. The third kappa shape index (κ3) is 6.01. The summed E-state index contributed by atoms with van der Waals surface area (Å²) in [6.07, 6.45) is 2.94. The Balaban J connectivity index is 1.37. The maximum atomic E-state index is 12.7. The van der Waals surface area contributed by atoms with Gasteiger partial charge < -0.3 is 15.0 Å². The lowest BCUT2D eigenvalue weighted by atomic mass is 10.0. The van der Waals surface area contributed by atoms with Crippen LogP contribution in [0.15, 0.2) is 24.3 Å². The van der Waals surface area contributed by atoms with Gasteiger partial charge in [-0.1, -0.05) is 25.5 Å². The predicted octanol–water partition coefficient (Wildman–Crippen LogP) is 2.15. The average Bonchev–Trinajstić information content (AvgIpc) is 3.36. The highest BCUT2D eigenvalue weighted by molar-refractivity contribution is 6.21. The van der Waals surface area contributed by atoms with Crippen molar-refractivity contribution < 1.29 is 28.7 Å². The van der Waals surface area contributed by atoms with E-state index in [1.165, 1.54) is 11.9 Å². The quantitative estimate of drug-likeness (QED) is 0.301. The Labute approximate surface area is 199 Å². The minimum Gasteiger partial charge on any atom is -0.460 e. The molecule has 1 aromatic rings. The van der Waals surface area contributed by atoms with E-state index in [1.807, 2.05) is 6.92 Å². The first-order valence-electron chi connectivity index (χ1n) is 12.0. The molecule has 0 bridgehead atoms. The third-order valence-electron chi connectivity index (χ3n) is 6.53. The summed E-state index contributed by atoms with van der Waals surface area (Å²) in [5, 5.41) is 2.47. The minimum absolute atomic E-state index is 0.0168. The lowest BCUT2D eigenvalue weighted by Crippen LogP contribution is -2.31. The molecule has 184 valence electrons. The molecule has 0 spiro atoms. The summed E-state index contributed by atoms with van der Waals surface area (Å²) < 4.78 is 5.55. The highest BCUT2D eigenvalue weighted by Gasteiger charge is 2.37. The number of amides is 4. The molecule has 0 aromatic heterocycles. The van der Waals surface area contributed by atoms with Crippen molar-refractivity contribution in [2.45, 2.75) is 58.0 Å². The molecule has 9 heteroatoms. The number of imide groups is 1. The van der Waals surface area contributed by atoms with Crippen molar-refractivity contribution in [3.63, 3.8) is 0 Å². The van der Waals surface area contributed by atoms with E-state index in [-0.39, 0.29) is 48.5 Å². The second-order valence-corrected chi connectivity index (χ2v) is 8.79. The van der Waals surface area contributed by atoms with Crippen LogP contribution in [0.4, 0.5) is 0 Å². The molecule has 1 saturated heterocycles. The molecule has 34 heavy (non-hydrogen) atoms. The molecule has 4 amide bonds. The minimum atomic E-state index is -0.422. The number of likely N-dealkylation sites (tertiary alicyclic amines) is 1. The number of fused-ring (bicyclic) bond motifs is 1. The molecular formula is C25H33N3O6. The smallest absolute Gasteiger partial charge is 0.306 e. The molecule has 2 unspecified atom stereocenters. The van der Waals surface area contributed by atoms with Crippen molar-refractivity contribution in [2.75, 3.05) is 26.7 Å². The maximum Gasteiger partial charge on any atom is 0.306 e.